The Morgan fingerprint density at radius 3 is 2.16 bits per heavy atom. The molecule has 0 aliphatic rings. The van der Waals surface area contributed by atoms with Crippen molar-refractivity contribution in [2.45, 2.75) is 52.7 Å². The fourth-order valence-electron chi connectivity index (χ4n) is 2.59. The van der Waals surface area contributed by atoms with Crippen LogP contribution in [0.15, 0.2) is 30.5 Å². The van der Waals surface area contributed by atoms with Crippen LogP contribution in [0.25, 0.3) is 16.9 Å². The Balaban J connectivity index is 2.05. The molecule has 170 valence electrons. The van der Waals surface area contributed by atoms with Gasteiger partial charge in [-0.1, -0.05) is 11.6 Å². The van der Waals surface area contributed by atoms with Crippen LogP contribution in [-0.2, 0) is 9.47 Å². The number of pyridine rings is 2. The van der Waals surface area contributed by atoms with Gasteiger partial charge in [-0.25, -0.2) is 23.5 Å². The predicted octanol–water partition coefficient (Wildman–Crippen LogP) is 5.26. The molecule has 0 saturated heterocycles. The van der Waals surface area contributed by atoms with E-state index in [-0.39, 0.29) is 22.4 Å². The molecule has 2 amide bonds. The molecule has 0 aromatic carbocycles. The molecule has 0 fully saturated rings. The highest BCUT2D eigenvalue weighted by Gasteiger charge is 2.35. The van der Waals surface area contributed by atoms with Crippen LogP contribution in [-0.4, -0.2) is 43.0 Å². The Morgan fingerprint density at radius 1 is 1.00 bits per heavy atom. The van der Waals surface area contributed by atoms with Gasteiger partial charge < -0.3 is 9.47 Å². The summed E-state index contributed by atoms with van der Waals surface area (Å²) >= 11 is 5.89. The van der Waals surface area contributed by atoms with Crippen molar-refractivity contribution in [2.75, 3.05) is 4.90 Å². The fraction of sp³-hybridized carbons (Fsp3) is 0.381. The Labute approximate surface area is 189 Å². The Bertz CT molecular complexity index is 1160. The van der Waals surface area contributed by atoms with Gasteiger partial charge in [0.25, 0.3) is 5.95 Å². The van der Waals surface area contributed by atoms with Crippen molar-refractivity contribution in [1.29, 1.82) is 0 Å². The number of hydrogen-bond acceptors (Lipinski definition) is 7. The molecule has 0 spiro atoms. The monoisotopic (exact) mass is 463 g/mol. The summed E-state index contributed by atoms with van der Waals surface area (Å²) in [5.74, 6) is -0.826. The first kappa shape index (κ1) is 23.4. The van der Waals surface area contributed by atoms with Crippen molar-refractivity contribution in [2.24, 2.45) is 0 Å². The molecule has 0 unspecified atom stereocenters. The van der Waals surface area contributed by atoms with Crippen molar-refractivity contribution in [3.05, 3.63) is 41.4 Å². The van der Waals surface area contributed by atoms with Crippen molar-refractivity contribution in [3.63, 3.8) is 0 Å². The summed E-state index contributed by atoms with van der Waals surface area (Å²) in [5.41, 5.74) is -1.10. The van der Waals surface area contributed by atoms with Crippen molar-refractivity contribution < 1.29 is 23.5 Å². The summed E-state index contributed by atoms with van der Waals surface area (Å²) in [6.45, 7) is 9.96. The summed E-state index contributed by atoms with van der Waals surface area (Å²) < 4.78 is 26.2. The number of imide groups is 1. The van der Waals surface area contributed by atoms with E-state index in [4.69, 9.17) is 21.1 Å². The minimum absolute atomic E-state index is 0.0284. The molecule has 3 rings (SSSR count). The van der Waals surface area contributed by atoms with E-state index in [9.17, 15) is 14.0 Å². The molecule has 3 aromatic heterocycles. The van der Waals surface area contributed by atoms with Gasteiger partial charge in [-0.05, 0) is 65.8 Å². The molecule has 0 saturated carbocycles. The lowest BCUT2D eigenvalue weighted by molar-refractivity contribution is 0.0427. The zero-order chi connectivity index (χ0) is 23.8. The number of ether oxygens (including phenoxy) is 2. The second-order valence-corrected chi connectivity index (χ2v) is 9.28. The van der Waals surface area contributed by atoms with Crippen molar-refractivity contribution in [3.8, 4) is 11.3 Å². The minimum Gasteiger partial charge on any atom is -0.443 e. The van der Waals surface area contributed by atoms with Crippen LogP contribution in [0.5, 0.6) is 0 Å². The van der Waals surface area contributed by atoms with Crippen molar-refractivity contribution >= 4 is 35.4 Å². The van der Waals surface area contributed by atoms with E-state index >= 15 is 0 Å². The summed E-state index contributed by atoms with van der Waals surface area (Å²) in [5, 5.41) is 4.31. The van der Waals surface area contributed by atoms with Gasteiger partial charge in [0.2, 0.25) is 0 Å². The summed E-state index contributed by atoms with van der Waals surface area (Å²) in [4.78, 5) is 34.4. The van der Waals surface area contributed by atoms with Gasteiger partial charge in [0.1, 0.15) is 27.9 Å². The highest BCUT2D eigenvalue weighted by molar-refractivity contribution is 6.29. The molecule has 32 heavy (non-hydrogen) atoms. The number of nitrogens with zero attached hydrogens (tertiary/aromatic N) is 5. The Morgan fingerprint density at radius 2 is 1.59 bits per heavy atom. The second kappa shape index (κ2) is 8.34. The average molecular weight is 464 g/mol. The number of halogens is 2. The highest BCUT2D eigenvalue weighted by Crippen LogP contribution is 2.25. The standard InChI is InChI=1S/C21H23ClFN5O4/c1-20(2,3)31-18(29)28(19(30)32-21(4,5)6)17-25-15-11-12(9-10-27(15)26-17)16-13(23)7-8-14(22)24-16/h7-11H,1-6H3. The van der Waals surface area contributed by atoms with Crippen LogP contribution in [0.1, 0.15) is 41.5 Å². The first-order chi connectivity index (χ1) is 14.7. The maximum atomic E-state index is 14.2. The lowest BCUT2D eigenvalue weighted by atomic mass is 10.1. The third-order valence-corrected chi connectivity index (χ3v) is 3.97. The molecule has 0 atom stereocenters. The normalized spacial score (nSPS) is 12.0. The molecular formula is C21H23ClFN5O4. The number of anilines is 1. The maximum absolute atomic E-state index is 14.2. The van der Waals surface area contributed by atoms with Gasteiger partial charge in [-0.2, -0.15) is 4.98 Å². The van der Waals surface area contributed by atoms with Crippen LogP contribution in [0.2, 0.25) is 5.15 Å². The van der Waals surface area contributed by atoms with Gasteiger partial charge in [0.15, 0.2) is 5.65 Å². The molecular weight excluding hydrogens is 441 g/mol. The Hall–Kier alpha value is -3.27. The van der Waals surface area contributed by atoms with E-state index in [0.717, 1.165) is 0 Å². The number of carbonyl (C=O) groups excluding carboxylic acids is 2. The number of fused-ring (bicyclic) bond motifs is 1. The number of hydrogen-bond donors (Lipinski definition) is 0. The lowest BCUT2D eigenvalue weighted by Gasteiger charge is -2.26. The van der Waals surface area contributed by atoms with Gasteiger partial charge in [0, 0.05) is 11.8 Å². The van der Waals surface area contributed by atoms with Crippen LogP contribution in [0.3, 0.4) is 0 Å². The molecule has 0 N–H and O–H groups in total. The molecule has 0 aliphatic heterocycles. The third-order valence-electron chi connectivity index (χ3n) is 3.76. The molecule has 0 radical (unpaired) electrons. The topological polar surface area (TPSA) is 98.9 Å². The number of aromatic nitrogens is 4. The Kier molecular flexibility index (Phi) is 6.10. The first-order valence-electron chi connectivity index (χ1n) is 9.68. The summed E-state index contributed by atoms with van der Waals surface area (Å²) in [6, 6.07) is 5.60. The van der Waals surface area contributed by atoms with Gasteiger partial charge in [0.05, 0.1) is 0 Å². The van der Waals surface area contributed by atoms with E-state index < -0.39 is 29.2 Å². The van der Waals surface area contributed by atoms with Crippen LogP contribution in [0.4, 0.5) is 19.9 Å². The van der Waals surface area contributed by atoms with Crippen LogP contribution in [0, 0.1) is 5.82 Å². The molecule has 3 aromatic rings. The highest BCUT2D eigenvalue weighted by atomic mass is 35.5. The van der Waals surface area contributed by atoms with E-state index in [2.05, 4.69) is 15.1 Å². The quantitative estimate of drug-likeness (QED) is 0.478. The van der Waals surface area contributed by atoms with Crippen LogP contribution >= 0.6 is 11.6 Å². The minimum atomic E-state index is -0.995. The molecule has 0 aliphatic carbocycles. The zero-order valence-corrected chi connectivity index (χ0v) is 19.3. The number of carbonyl (C=O) groups is 2. The molecule has 11 heteroatoms. The van der Waals surface area contributed by atoms with Crippen molar-refractivity contribution in [1.82, 2.24) is 19.6 Å². The fourth-order valence-corrected chi connectivity index (χ4v) is 2.73. The lowest BCUT2D eigenvalue weighted by Crippen LogP contribution is -2.44. The predicted molar refractivity (Wildman–Crippen MR) is 116 cm³/mol. The molecule has 0 bridgehead atoms. The number of rotatable bonds is 2. The molecule has 3 heterocycles. The zero-order valence-electron chi connectivity index (χ0n) is 18.5. The third kappa shape index (κ3) is 5.50. The molecule has 9 nitrogen and oxygen atoms in total. The number of amides is 2. The summed E-state index contributed by atoms with van der Waals surface area (Å²) in [7, 11) is 0. The summed E-state index contributed by atoms with van der Waals surface area (Å²) in [6.07, 6.45) is -0.498. The van der Waals surface area contributed by atoms with E-state index in [1.54, 1.807) is 47.6 Å². The van der Waals surface area contributed by atoms with E-state index in [1.807, 2.05) is 0 Å². The van der Waals surface area contributed by atoms with Gasteiger partial charge in [-0.3, -0.25) is 0 Å². The maximum Gasteiger partial charge on any atom is 0.427 e. The van der Waals surface area contributed by atoms with E-state index in [1.165, 1.54) is 28.9 Å². The van der Waals surface area contributed by atoms with E-state index in [0.29, 0.717) is 10.5 Å². The first-order valence-corrected chi connectivity index (χ1v) is 10.1. The average Bonchev–Trinajstić information content (AvgIpc) is 3.03. The largest absolute Gasteiger partial charge is 0.443 e. The van der Waals surface area contributed by atoms with Gasteiger partial charge in [-0.15, -0.1) is 10.00 Å². The smallest absolute Gasteiger partial charge is 0.427 e. The SMILES string of the molecule is CC(C)(C)OC(=O)N(C(=O)OC(C)(C)C)c1nc2cc(-c3nc(Cl)ccc3F)ccn2n1. The van der Waals surface area contributed by atoms with Gasteiger partial charge >= 0.3 is 12.2 Å². The van der Waals surface area contributed by atoms with Crippen LogP contribution < -0.4 is 4.90 Å². The second-order valence-electron chi connectivity index (χ2n) is 8.89.